The maximum absolute atomic E-state index is 11.6. The summed E-state index contributed by atoms with van der Waals surface area (Å²) in [4.78, 5) is 10.3. The molecule has 0 aromatic carbocycles. The van der Waals surface area contributed by atoms with Gasteiger partial charge in [-0.3, -0.25) is 4.57 Å². The van der Waals surface area contributed by atoms with E-state index in [1.165, 1.54) is 0 Å². The first-order valence-corrected chi connectivity index (χ1v) is 7.13. The molecule has 0 aliphatic rings. The summed E-state index contributed by atoms with van der Waals surface area (Å²) < 4.78 is 31.6. The Morgan fingerprint density at radius 1 is 1.31 bits per heavy atom. The van der Waals surface area contributed by atoms with Crippen molar-refractivity contribution in [1.29, 1.82) is 0 Å². The van der Waals surface area contributed by atoms with Crippen LogP contribution >= 0.6 is 15.6 Å². The van der Waals surface area contributed by atoms with Crippen molar-refractivity contribution in [1.82, 2.24) is 0 Å². The van der Waals surface area contributed by atoms with E-state index < -0.39 is 15.6 Å². The normalized spacial score (nSPS) is 13.0. The Morgan fingerprint density at radius 2 is 1.77 bits per heavy atom. The first kappa shape index (κ1) is 13.2. The van der Waals surface area contributed by atoms with Crippen LogP contribution in [-0.2, 0) is 18.2 Å². The topological polar surface area (TPSA) is 75.7 Å². The highest BCUT2D eigenvalue weighted by molar-refractivity contribution is 7.54. The van der Waals surface area contributed by atoms with Crippen LogP contribution in [0.3, 0.4) is 0 Å². The predicted octanol–water partition coefficient (Wildman–Crippen LogP) is 1.36. The average molecular weight is 228 g/mol. The smallest absolute Gasteiger partial charge is 0.334 e. The lowest BCUT2D eigenvalue weighted by Crippen LogP contribution is -2.04. The van der Waals surface area contributed by atoms with E-state index in [0.717, 1.165) is 0 Å². The lowest BCUT2D eigenvalue weighted by Gasteiger charge is -2.14. The fraction of sp³-hybridized carbons (Fsp3) is 1.00. The first-order valence-electron chi connectivity index (χ1n) is 4.04. The molecule has 0 rings (SSSR count). The molecule has 0 aromatic heterocycles. The molecule has 13 heavy (non-hydrogen) atoms. The number of rotatable bonds is 7. The van der Waals surface area contributed by atoms with Gasteiger partial charge in [-0.1, -0.05) is 4.57 Å². The Kier molecular flexibility index (Phi) is 6.74. The highest BCUT2D eigenvalue weighted by atomic mass is 31.2. The SMILES string of the molecule is CCOP(=O)(CC[P+](=O)[O-])OCC. The first-order chi connectivity index (χ1) is 6.04. The van der Waals surface area contributed by atoms with Crippen molar-refractivity contribution in [3.63, 3.8) is 0 Å². The largest absolute Gasteiger partial charge is 0.596 e. The van der Waals surface area contributed by atoms with Gasteiger partial charge in [-0.2, -0.15) is 0 Å². The third kappa shape index (κ3) is 6.30. The predicted molar refractivity (Wildman–Crippen MR) is 48.2 cm³/mol. The summed E-state index contributed by atoms with van der Waals surface area (Å²) in [6.45, 7) is 3.88. The minimum Gasteiger partial charge on any atom is -0.596 e. The van der Waals surface area contributed by atoms with Crippen LogP contribution in [0, 0.1) is 0 Å². The van der Waals surface area contributed by atoms with Gasteiger partial charge in [0.15, 0.2) is 6.16 Å². The molecule has 0 saturated carbocycles. The lowest BCUT2D eigenvalue weighted by atomic mass is 10.9. The molecule has 0 fully saturated rings. The Bertz CT molecular complexity index is 195. The van der Waals surface area contributed by atoms with Crippen LogP contribution in [0.5, 0.6) is 0 Å². The van der Waals surface area contributed by atoms with Crippen molar-refractivity contribution in [3.05, 3.63) is 0 Å². The summed E-state index contributed by atoms with van der Waals surface area (Å²) in [6.07, 6.45) is -0.222. The van der Waals surface area contributed by atoms with E-state index in [-0.39, 0.29) is 25.5 Å². The zero-order valence-corrected chi connectivity index (χ0v) is 9.55. The van der Waals surface area contributed by atoms with Gasteiger partial charge >= 0.3 is 15.6 Å². The molecule has 5 nitrogen and oxygen atoms in total. The Hall–Kier alpha value is 0.210. The van der Waals surface area contributed by atoms with Crippen LogP contribution in [0.25, 0.3) is 0 Å². The highest BCUT2D eigenvalue weighted by Gasteiger charge is 2.25. The fourth-order valence-electron chi connectivity index (χ4n) is 0.764. The van der Waals surface area contributed by atoms with E-state index in [2.05, 4.69) is 0 Å². The number of hydrogen-bond donors (Lipinski definition) is 0. The quantitative estimate of drug-likeness (QED) is 0.615. The van der Waals surface area contributed by atoms with Crippen molar-refractivity contribution in [2.45, 2.75) is 13.8 Å². The van der Waals surface area contributed by atoms with Crippen molar-refractivity contribution in [2.24, 2.45) is 0 Å². The Labute approximate surface area is 78.8 Å². The molecule has 1 atom stereocenters. The second-order valence-electron chi connectivity index (χ2n) is 2.23. The summed E-state index contributed by atoms with van der Waals surface area (Å²) in [5.74, 6) is 0. The van der Waals surface area contributed by atoms with E-state index >= 15 is 0 Å². The maximum Gasteiger partial charge on any atom is 0.334 e. The van der Waals surface area contributed by atoms with Gasteiger partial charge in [-0.25, -0.2) is 0 Å². The number of hydrogen-bond acceptors (Lipinski definition) is 5. The molecule has 0 bridgehead atoms. The van der Waals surface area contributed by atoms with Crippen molar-refractivity contribution < 1.29 is 23.1 Å². The molecule has 1 unspecified atom stereocenters. The molecular formula is C6H14O5P2. The van der Waals surface area contributed by atoms with E-state index in [0.29, 0.717) is 0 Å². The molecule has 0 saturated heterocycles. The molecule has 0 N–H and O–H groups in total. The summed E-state index contributed by atoms with van der Waals surface area (Å²) in [5, 5.41) is 0. The molecular weight excluding hydrogens is 214 g/mol. The van der Waals surface area contributed by atoms with Crippen LogP contribution in [-0.4, -0.2) is 25.5 Å². The average Bonchev–Trinajstić information content (AvgIpc) is 2.02. The van der Waals surface area contributed by atoms with Gasteiger partial charge in [0.1, 0.15) is 0 Å². The van der Waals surface area contributed by atoms with Gasteiger partial charge in [0.25, 0.3) is 0 Å². The summed E-state index contributed by atoms with van der Waals surface area (Å²) in [6, 6.07) is 0. The standard InChI is InChI=1S/C6H14O5P2/c1-3-10-13(9,11-4-2)6-5-12(7)8/h3-6H2,1-2H3. The van der Waals surface area contributed by atoms with E-state index in [1.807, 2.05) is 0 Å². The van der Waals surface area contributed by atoms with Gasteiger partial charge in [0.05, 0.1) is 19.4 Å². The molecule has 7 heteroatoms. The zero-order valence-electron chi connectivity index (χ0n) is 7.76. The van der Waals surface area contributed by atoms with Crippen molar-refractivity contribution >= 4 is 15.6 Å². The molecule has 0 spiro atoms. The Morgan fingerprint density at radius 3 is 2.08 bits per heavy atom. The van der Waals surface area contributed by atoms with Crippen LogP contribution < -0.4 is 4.89 Å². The van der Waals surface area contributed by atoms with Gasteiger partial charge in [-0.15, -0.1) is 0 Å². The second-order valence-corrected chi connectivity index (χ2v) is 5.52. The molecule has 0 heterocycles. The second kappa shape index (κ2) is 6.63. The molecule has 0 aliphatic heterocycles. The molecule has 0 aliphatic carbocycles. The minimum absolute atomic E-state index is 0.0621. The van der Waals surface area contributed by atoms with Gasteiger partial charge in [0, 0.05) is 0 Å². The van der Waals surface area contributed by atoms with Gasteiger partial charge < -0.3 is 13.9 Å². The van der Waals surface area contributed by atoms with Crippen molar-refractivity contribution in [2.75, 3.05) is 25.5 Å². The maximum atomic E-state index is 11.6. The minimum atomic E-state index is -3.16. The van der Waals surface area contributed by atoms with Crippen LogP contribution in [0.1, 0.15) is 13.8 Å². The fourth-order valence-corrected chi connectivity index (χ4v) is 3.52. The highest BCUT2D eigenvalue weighted by Crippen LogP contribution is 2.48. The Balaban J connectivity index is 4.07. The zero-order chi connectivity index (χ0) is 10.3. The molecule has 78 valence electrons. The summed E-state index contributed by atoms with van der Waals surface area (Å²) in [7, 11) is -5.68. The van der Waals surface area contributed by atoms with Crippen LogP contribution in [0.4, 0.5) is 0 Å². The molecule has 0 radical (unpaired) electrons. The third-order valence-electron chi connectivity index (χ3n) is 1.21. The monoisotopic (exact) mass is 228 g/mol. The summed E-state index contributed by atoms with van der Waals surface area (Å²) >= 11 is 0. The molecule has 0 amide bonds. The van der Waals surface area contributed by atoms with Crippen molar-refractivity contribution in [3.8, 4) is 0 Å². The van der Waals surface area contributed by atoms with E-state index in [9.17, 15) is 14.0 Å². The van der Waals surface area contributed by atoms with Crippen LogP contribution in [0.15, 0.2) is 0 Å². The van der Waals surface area contributed by atoms with Gasteiger partial charge in [0.2, 0.25) is 0 Å². The summed E-state index contributed by atoms with van der Waals surface area (Å²) in [5.41, 5.74) is 0. The molecule has 0 aromatic rings. The lowest BCUT2D eigenvalue weighted by molar-refractivity contribution is -0.164. The van der Waals surface area contributed by atoms with Crippen LogP contribution in [0.2, 0.25) is 0 Å². The van der Waals surface area contributed by atoms with Gasteiger partial charge in [-0.05, 0) is 13.8 Å². The van der Waals surface area contributed by atoms with E-state index in [4.69, 9.17) is 9.05 Å². The van der Waals surface area contributed by atoms with E-state index in [1.54, 1.807) is 13.8 Å². The third-order valence-corrected chi connectivity index (χ3v) is 4.22.